The Bertz CT molecular complexity index is 357. The van der Waals surface area contributed by atoms with E-state index in [4.69, 9.17) is 0 Å². The molecule has 0 saturated carbocycles. The monoisotopic (exact) mass is 204 g/mol. The van der Waals surface area contributed by atoms with Crippen LogP contribution in [0.2, 0.25) is 0 Å². The lowest BCUT2D eigenvalue weighted by Crippen LogP contribution is -2.16. The number of hydrogen-bond acceptors (Lipinski definition) is 1. The van der Waals surface area contributed by atoms with Crippen LogP contribution in [0.3, 0.4) is 0 Å². The molecular formula is C13H16S. The molecule has 1 heterocycles. The number of thioether (sulfide) groups is 1. The largest absolute Gasteiger partial charge is 0.103 e. The van der Waals surface area contributed by atoms with Gasteiger partial charge in [-0.3, -0.25) is 0 Å². The van der Waals surface area contributed by atoms with Crippen LogP contribution < -0.4 is 0 Å². The average molecular weight is 204 g/mol. The zero-order valence-corrected chi connectivity index (χ0v) is 9.66. The molecule has 1 unspecified atom stereocenters. The molecule has 1 aliphatic heterocycles. The molecule has 0 N–H and O–H groups in total. The lowest BCUT2D eigenvalue weighted by molar-refractivity contribution is 0.512. The van der Waals surface area contributed by atoms with Crippen molar-refractivity contribution < 1.29 is 0 Å². The van der Waals surface area contributed by atoms with Crippen molar-refractivity contribution in [2.45, 2.75) is 26.7 Å². The molecule has 0 saturated heterocycles. The van der Waals surface area contributed by atoms with Crippen LogP contribution in [0.5, 0.6) is 0 Å². The van der Waals surface area contributed by atoms with E-state index < -0.39 is 0 Å². The minimum absolute atomic E-state index is 0.289. The Labute approximate surface area is 90.5 Å². The SMILES string of the molecule is C=CCC1=C(C)C2(C)CC=CC=C2S1. The molecule has 1 atom stereocenters. The molecule has 0 bridgehead atoms. The maximum absolute atomic E-state index is 3.82. The van der Waals surface area contributed by atoms with Crippen molar-refractivity contribution in [1.29, 1.82) is 0 Å². The molecule has 1 heteroatoms. The highest BCUT2D eigenvalue weighted by molar-refractivity contribution is 8.07. The van der Waals surface area contributed by atoms with Crippen LogP contribution >= 0.6 is 11.8 Å². The maximum atomic E-state index is 3.82. The Morgan fingerprint density at radius 2 is 2.43 bits per heavy atom. The fourth-order valence-electron chi connectivity index (χ4n) is 2.07. The van der Waals surface area contributed by atoms with Crippen LogP contribution in [0.4, 0.5) is 0 Å². The average Bonchev–Trinajstić information content (AvgIpc) is 2.42. The van der Waals surface area contributed by atoms with E-state index in [1.165, 1.54) is 15.4 Å². The normalized spacial score (nSPS) is 30.3. The molecule has 0 radical (unpaired) electrons. The van der Waals surface area contributed by atoms with Crippen molar-refractivity contribution in [3.63, 3.8) is 0 Å². The Morgan fingerprint density at radius 3 is 3.07 bits per heavy atom. The van der Waals surface area contributed by atoms with Gasteiger partial charge in [-0.2, -0.15) is 0 Å². The Balaban J connectivity index is 2.38. The molecule has 0 spiro atoms. The van der Waals surface area contributed by atoms with Crippen molar-refractivity contribution in [2.24, 2.45) is 5.41 Å². The van der Waals surface area contributed by atoms with Crippen molar-refractivity contribution in [3.05, 3.63) is 46.3 Å². The van der Waals surface area contributed by atoms with Gasteiger partial charge < -0.3 is 0 Å². The molecule has 74 valence electrons. The van der Waals surface area contributed by atoms with Gasteiger partial charge in [-0.25, -0.2) is 0 Å². The second-order valence-corrected chi connectivity index (χ2v) is 5.28. The summed E-state index contributed by atoms with van der Waals surface area (Å²) in [6, 6.07) is 0. The lowest BCUT2D eigenvalue weighted by Gasteiger charge is -2.28. The number of rotatable bonds is 2. The van der Waals surface area contributed by atoms with Crippen LogP contribution in [0.25, 0.3) is 0 Å². The van der Waals surface area contributed by atoms with E-state index in [1.807, 2.05) is 17.8 Å². The summed E-state index contributed by atoms with van der Waals surface area (Å²) in [5.41, 5.74) is 1.83. The molecule has 2 rings (SSSR count). The second-order valence-electron chi connectivity index (χ2n) is 4.14. The zero-order valence-electron chi connectivity index (χ0n) is 8.84. The molecular weight excluding hydrogens is 188 g/mol. The van der Waals surface area contributed by atoms with Crippen LogP contribution in [-0.2, 0) is 0 Å². The summed E-state index contributed by atoms with van der Waals surface area (Å²) in [5, 5.41) is 0. The first-order chi connectivity index (χ1) is 6.68. The number of allylic oxidation sites excluding steroid dienone is 7. The van der Waals surface area contributed by atoms with Crippen LogP contribution in [0.1, 0.15) is 26.7 Å². The smallest absolute Gasteiger partial charge is 0.0239 e. The maximum Gasteiger partial charge on any atom is 0.0239 e. The molecule has 0 aromatic carbocycles. The summed E-state index contributed by atoms with van der Waals surface area (Å²) in [7, 11) is 0. The van der Waals surface area contributed by atoms with Gasteiger partial charge >= 0.3 is 0 Å². The Hall–Kier alpha value is -0.690. The molecule has 0 aromatic rings. The molecule has 0 fully saturated rings. The molecule has 14 heavy (non-hydrogen) atoms. The van der Waals surface area contributed by atoms with E-state index in [9.17, 15) is 0 Å². The third kappa shape index (κ3) is 1.31. The highest BCUT2D eigenvalue weighted by Gasteiger charge is 2.38. The fourth-order valence-corrected chi connectivity index (χ4v) is 3.52. The van der Waals surface area contributed by atoms with Crippen molar-refractivity contribution in [3.8, 4) is 0 Å². The summed E-state index contributed by atoms with van der Waals surface area (Å²) >= 11 is 1.94. The number of fused-ring (bicyclic) bond motifs is 1. The first-order valence-corrected chi connectivity index (χ1v) is 5.86. The van der Waals surface area contributed by atoms with E-state index >= 15 is 0 Å². The minimum atomic E-state index is 0.289. The fraction of sp³-hybridized carbons (Fsp3) is 0.385. The Morgan fingerprint density at radius 1 is 1.64 bits per heavy atom. The highest BCUT2D eigenvalue weighted by Crippen LogP contribution is 2.57. The summed E-state index contributed by atoms with van der Waals surface area (Å²) < 4.78 is 0. The summed E-state index contributed by atoms with van der Waals surface area (Å²) in [5.74, 6) is 0. The zero-order chi connectivity index (χ0) is 10.2. The lowest BCUT2D eigenvalue weighted by atomic mass is 9.77. The first kappa shape index (κ1) is 9.85. The Kier molecular flexibility index (Phi) is 2.44. The summed E-state index contributed by atoms with van der Waals surface area (Å²) in [6.07, 6.45) is 10.9. The molecule has 0 aromatic heterocycles. The van der Waals surface area contributed by atoms with E-state index in [2.05, 4.69) is 38.7 Å². The van der Waals surface area contributed by atoms with E-state index in [0.717, 1.165) is 12.8 Å². The van der Waals surface area contributed by atoms with Crippen molar-refractivity contribution in [2.75, 3.05) is 0 Å². The van der Waals surface area contributed by atoms with E-state index in [1.54, 1.807) is 0 Å². The van der Waals surface area contributed by atoms with Gasteiger partial charge in [-0.05, 0) is 29.6 Å². The number of hydrogen-bond donors (Lipinski definition) is 0. The summed E-state index contributed by atoms with van der Waals surface area (Å²) in [6.45, 7) is 8.43. The van der Waals surface area contributed by atoms with Gasteiger partial charge in [-0.1, -0.05) is 48.6 Å². The van der Waals surface area contributed by atoms with Crippen LogP contribution in [-0.4, -0.2) is 0 Å². The third-order valence-electron chi connectivity index (χ3n) is 3.26. The van der Waals surface area contributed by atoms with Gasteiger partial charge in [0, 0.05) is 5.41 Å². The van der Waals surface area contributed by atoms with Gasteiger partial charge in [0.15, 0.2) is 0 Å². The predicted octanol–water partition coefficient (Wildman–Crippen LogP) is 4.43. The second kappa shape index (κ2) is 3.47. The molecule has 2 aliphatic rings. The topological polar surface area (TPSA) is 0 Å². The van der Waals surface area contributed by atoms with Gasteiger partial charge in [-0.15, -0.1) is 6.58 Å². The summed E-state index contributed by atoms with van der Waals surface area (Å²) in [4.78, 5) is 3.01. The highest BCUT2D eigenvalue weighted by atomic mass is 32.2. The van der Waals surface area contributed by atoms with Crippen molar-refractivity contribution in [1.82, 2.24) is 0 Å². The van der Waals surface area contributed by atoms with Gasteiger partial charge in [0.05, 0.1) is 0 Å². The van der Waals surface area contributed by atoms with E-state index in [0.29, 0.717) is 0 Å². The molecule has 0 amide bonds. The molecule has 0 nitrogen and oxygen atoms in total. The van der Waals surface area contributed by atoms with E-state index in [-0.39, 0.29) is 5.41 Å². The minimum Gasteiger partial charge on any atom is -0.103 e. The standard InChI is InChI=1S/C13H16S/c1-4-7-11-10(2)13(3)9-6-5-8-12(13)14-11/h4-6,8H,1,7,9H2,2-3H3. The molecule has 1 aliphatic carbocycles. The van der Waals surface area contributed by atoms with Crippen molar-refractivity contribution >= 4 is 11.8 Å². The van der Waals surface area contributed by atoms with Gasteiger partial charge in [0.25, 0.3) is 0 Å². The van der Waals surface area contributed by atoms with Crippen LogP contribution in [0.15, 0.2) is 46.3 Å². The predicted molar refractivity (Wildman–Crippen MR) is 65.1 cm³/mol. The third-order valence-corrected chi connectivity index (χ3v) is 4.79. The van der Waals surface area contributed by atoms with Gasteiger partial charge in [0.1, 0.15) is 0 Å². The van der Waals surface area contributed by atoms with Crippen LogP contribution in [0, 0.1) is 5.41 Å². The van der Waals surface area contributed by atoms with Gasteiger partial charge in [0.2, 0.25) is 0 Å². The first-order valence-electron chi connectivity index (χ1n) is 5.05. The quantitative estimate of drug-likeness (QED) is 0.599.